The van der Waals surface area contributed by atoms with Crippen LogP contribution in [0, 0.1) is 0 Å². The second-order valence-corrected chi connectivity index (χ2v) is 4.38. The molecular weight excluding hydrogens is 188 g/mol. The summed E-state index contributed by atoms with van der Waals surface area (Å²) in [7, 11) is 1.95. The van der Waals surface area contributed by atoms with Gasteiger partial charge in [-0.3, -0.25) is 9.58 Å². The van der Waals surface area contributed by atoms with Crippen LogP contribution in [0.15, 0.2) is 12.4 Å². The van der Waals surface area contributed by atoms with Crippen molar-refractivity contribution in [2.45, 2.75) is 31.8 Å². The van der Waals surface area contributed by atoms with E-state index in [-0.39, 0.29) is 6.04 Å². The van der Waals surface area contributed by atoms with E-state index < -0.39 is 0 Å². The monoisotopic (exact) mass is 208 g/mol. The van der Waals surface area contributed by atoms with Crippen molar-refractivity contribution in [2.24, 2.45) is 12.8 Å². The second-order valence-electron chi connectivity index (χ2n) is 4.38. The van der Waals surface area contributed by atoms with Gasteiger partial charge >= 0.3 is 0 Å². The van der Waals surface area contributed by atoms with Gasteiger partial charge in [0.1, 0.15) is 0 Å². The Labute approximate surface area is 91.1 Å². The maximum absolute atomic E-state index is 6.16. The van der Waals surface area contributed by atoms with Crippen LogP contribution in [0.3, 0.4) is 0 Å². The molecule has 4 heteroatoms. The van der Waals surface area contributed by atoms with Gasteiger partial charge in [-0.1, -0.05) is 6.92 Å². The first-order valence-corrected chi connectivity index (χ1v) is 5.70. The molecule has 0 bridgehead atoms. The van der Waals surface area contributed by atoms with Gasteiger partial charge in [-0.2, -0.15) is 5.10 Å². The Hall–Kier alpha value is -0.870. The number of hydrogen-bond acceptors (Lipinski definition) is 3. The average molecular weight is 208 g/mol. The molecule has 2 N–H and O–H groups in total. The SMILES string of the molecule is CCCN1CC[C@@H](N)[C@@H]1c1cnn(C)c1. The average Bonchev–Trinajstić information content (AvgIpc) is 2.74. The Morgan fingerprint density at radius 2 is 2.40 bits per heavy atom. The normalized spacial score (nSPS) is 27.4. The predicted molar refractivity (Wildman–Crippen MR) is 60.4 cm³/mol. The Morgan fingerprint density at radius 1 is 1.60 bits per heavy atom. The van der Waals surface area contributed by atoms with Crippen LogP contribution in [0.1, 0.15) is 31.4 Å². The third-order valence-electron chi connectivity index (χ3n) is 3.13. The molecule has 2 rings (SSSR count). The highest BCUT2D eigenvalue weighted by molar-refractivity contribution is 5.15. The largest absolute Gasteiger partial charge is 0.326 e. The van der Waals surface area contributed by atoms with E-state index in [4.69, 9.17) is 5.73 Å². The molecule has 1 saturated heterocycles. The van der Waals surface area contributed by atoms with Crippen LogP contribution in [-0.2, 0) is 7.05 Å². The fraction of sp³-hybridized carbons (Fsp3) is 0.727. The number of aryl methyl sites for hydroxylation is 1. The molecule has 1 aromatic heterocycles. The van der Waals surface area contributed by atoms with Crippen LogP contribution in [-0.4, -0.2) is 33.8 Å². The van der Waals surface area contributed by atoms with E-state index in [9.17, 15) is 0 Å². The summed E-state index contributed by atoms with van der Waals surface area (Å²) in [6.45, 7) is 4.46. The first kappa shape index (κ1) is 10.6. The number of rotatable bonds is 3. The van der Waals surface area contributed by atoms with Crippen molar-refractivity contribution in [3.8, 4) is 0 Å². The van der Waals surface area contributed by atoms with Crippen molar-refractivity contribution in [2.75, 3.05) is 13.1 Å². The number of nitrogens with two attached hydrogens (primary N) is 1. The van der Waals surface area contributed by atoms with Gasteiger partial charge < -0.3 is 5.73 Å². The van der Waals surface area contributed by atoms with E-state index in [1.165, 1.54) is 12.0 Å². The van der Waals surface area contributed by atoms with Crippen molar-refractivity contribution in [3.05, 3.63) is 18.0 Å². The molecule has 15 heavy (non-hydrogen) atoms. The minimum absolute atomic E-state index is 0.265. The van der Waals surface area contributed by atoms with E-state index in [2.05, 4.69) is 23.1 Å². The van der Waals surface area contributed by atoms with E-state index in [1.54, 1.807) is 0 Å². The van der Waals surface area contributed by atoms with Gasteiger partial charge in [-0.25, -0.2) is 0 Å². The summed E-state index contributed by atoms with van der Waals surface area (Å²) < 4.78 is 1.85. The minimum Gasteiger partial charge on any atom is -0.326 e. The van der Waals surface area contributed by atoms with Crippen molar-refractivity contribution in [1.29, 1.82) is 0 Å². The molecule has 0 aromatic carbocycles. The maximum Gasteiger partial charge on any atom is 0.0538 e. The highest BCUT2D eigenvalue weighted by atomic mass is 15.3. The summed E-state index contributed by atoms with van der Waals surface area (Å²) in [5.41, 5.74) is 7.42. The lowest BCUT2D eigenvalue weighted by Crippen LogP contribution is -2.32. The van der Waals surface area contributed by atoms with Crippen LogP contribution in [0.5, 0.6) is 0 Å². The fourth-order valence-corrected chi connectivity index (χ4v) is 2.47. The van der Waals surface area contributed by atoms with Gasteiger partial charge in [0.15, 0.2) is 0 Å². The van der Waals surface area contributed by atoms with Crippen LogP contribution < -0.4 is 5.73 Å². The molecule has 0 unspecified atom stereocenters. The Kier molecular flexibility index (Phi) is 3.07. The lowest BCUT2D eigenvalue weighted by Gasteiger charge is -2.25. The van der Waals surface area contributed by atoms with Crippen molar-refractivity contribution < 1.29 is 0 Å². The van der Waals surface area contributed by atoms with Crippen LogP contribution in [0.2, 0.25) is 0 Å². The summed E-state index contributed by atoms with van der Waals surface area (Å²) >= 11 is 0. The predicted octanol–water partition coefficient (Wildman–Crippen LogP) is 0.904. The molecule has 0 amide bonds. The number of nitrogens with zero attached hydrogens (tertiary/aromatic N) is 3. The molecule has 1 aliphatic rings. The van der Waals surface area contributed by atoms with Crippen LogP contribution in [0.25, 0.3) is 0 Å². The first-order chi connectivity index (χ1) is 7.22. The zero-order valence-corrected chi connectivity index (χ0v) is 9.56. The second kappa shape index (κ2) is 4.33. The summed E-state index contributed by atoms with van der Waals surface area (Å²) in [6, 6.07) is 0.638. The van der Waals surface area contributed by atoms with E-state index >= 15 is 0 Å². The molecule has 0 saturated carbocycles. The van der Waals surface area contributed by atoms with Crippen LogP contribution in [0.4, 0.5) is 0 Å². The van der Waals surface area contributed by atoms with Gasteiger partial charge in [-0.05, 0) is 19.4 Å². The molecule has 1 fully saturated rings. The Bertz CT molecular complexity index is 318. The number of likely N-dealkylation sites (tertiary alicyclic amines) is 1. The quantitative estimate of drug-likeness (QED) is 0.803. The first-order valence-electron chi connectivity index (χ1n) is 5.70. The van der Waals surface area contributed by atoms with Crippen molar-refractivity contribution >= 4 is 0 Å². The lowest BCUT2D eigenvalue weighted by atomic mass is 10.0. The van der Waals surface area contributed by atoms with E-state index in [1.807, 2.05) is 17.9 Å². The lowest BCUT2D eigenvalue weighted by molar-refractivity contribution is 0.248. The van der Waals surface area contributed by atoms with Gasteiger partial charge in [-0.15, -0.1) is 0 Å². The topological polar surface area (TPSA) is 47.1 Å². The smallest absolute Gasteiger partial charge is 0.0538 e. The van der Waals surface area contributed by atoms with Crippen molar-refractivity contribution in [3.63, 3.8) is 0 Å². The van der Waals surface area contributed by atoms with Gasteiger partial charge in [0, 0.05) is 31.4 Å². The zero-order chi connectivity index (χ0) is 10.8. The standard InChI is InChI=1S/C11H20N4/c1-3-5-15-6-4-10(12)11(15)9-7-13-14(2)8-9/h7-8,10-11H,3-6,12H2,1-2H3/t10-,11+/m1/s1. The van der Waals surface area contributed by atoms with Gasteiger partial charge in [0.2, 0.25) is 0 Å². The molecular formula is C11H20N4. The number of hydrogen-bond donors (Lipinski definition) is 1. The molecule has 2 atom stereocenters. The fourth-order valence-electron chi connectivity index (χ4n) is 2.47. The molecule has 0 aliphatic carbocycles. The van der Waals surface area contributed by atoms with Crippen LogP contribution >= 0.6 is 0 Å². The Morgan fingerprint density at radius 3 is 3.00 bits per heavy atom. The minimum atomic E-state index is 0.265. The molecule has 4 nitrogen and oxygen atoms in total. The maximum atomic E-state index is 6.16. The van der Waals surface area contributed by atoms with E-state index in [0.29, 0.717) is 6.04 Å². The zero-order valence-electron chi connectivity index (χ0n) is 9.56. The molecule has 2 heterocycles. The summed E-state index contributed by atoms with van der Waals surface area (Å²) in [4.78, 5) is 2.47. The highest BCUT2D eigenvalue weighted by Crippen LogP contribution is 2.30. The van der Waals surface area contributed by atoms with Gasteiger partial charge in [0.25, 0.3) is 0 Å². The molecule has 84 valence electrons. The summed E-state index contributed by atoms with van der Waals surface area (Å²) in [5.74, 6) is 0. The molecule has 1 aliphatic heterocycles. The molecule has 1 aromatic rings. The van der Waals surface area contributed by atoms with Crippen molar-refractivity contribution in [1.82, 2.24) is 14.7 Å². The third-order valence-corrected chi connectivity index (χ3v) is 3.13. The van der Waals surface area contributed by atoms with Gasteiger partial charge in [0.05, 0.1) is 12.2 Å². The summed E-state index contributed by atoms with van der Waals surface area (Å²) in [6.07, 6.45) is 6.31. The third kappa shape index (κ3) is 2.06. The summed E-state index contributed by atoms with van der Waals surface area (Å²) in [5, 5.41) is 4.22. The Balaban J connectivity index is 2.17. The highest BCUT2D eigenvalue weighted by Gasteiger charge is 2.32. The molecule has 0 radical (unpaired) electrons. The number of aromatic nitrogens is 2. The molecule has 0 spiro atoms. The van der Waals surface area contributed by atoms with E-state index in [0.717, 1.165) is 19.5 Å².